The standard InChI is InChI=1S/C17H25FN2O3/c1-3-13(23-16-7-5-4-6-15(16)18)12-19-17(21)20-10-8-14(22-2)9-11-20/h4-7,13-14H,3,8-12H2,1-2H3,(H,19,21)/t13-/m1/s1. The lowest BCUT2D eigenvalue weighted by molar-refractivity contribution is 0.0499. The Morgan fingerprint density at radius 2 is 2.09 bits per heavy atom. The van der Waals surface area contributed by atoms with E-state index in [1.165, 1.54) is 6.07 Å². The Balaban J connectivity index is 1.79. The summed E-state index contributed by atoms with van der Waals surface area (Å²) in [4.78, 5) is 14.0. The lowest BCUT2D eigenvalue weighted by Gasteiger charge is -2.31. The van der Waals surface area contributed by atoms with E-state index in [4.69, 9.17) is 9.47 Å². The van der Waals surface area contributed by atoms with Crippen LogP contribution in [0.5, 0.6) is 5.75 Å². The van der Waals surface area contributed by atoms with Crippen LogP contribution in [0, 0.1) is 5.82 Å². The number of likely N-dealkylation sites (tertiary alicyclic amines) is 1. The molecular formula is C17H25FN2O3. The predicted octanol–water partition coefficient (Wildman–Crippen LogP) is 2.80. The molecule has 1 aromatic carbocycles. The molecule has 1 N–H and O–H groups in total. The maximum Gasteiger partial charge on any atom is 0.317 e. The van der Waals surface area contributed by atoms with E-state index >= 15 is 0 Å². The second-order valence-corrected chi connectivity index (χ2v) is 5.69. The highest BCUT2D eigenvalue weighted by Gasteiger charge is 2.23. The highest BCUT2D eigenvalue weighted by atomic mass is 19.1. The number of ether oxygens (including phenoxy) is 2. The monoisotopic (exact) mass is 324 g/mol. The van der Waals surface area contributed by atoms with Crippen LogP contribution in [0.15, 0.2) is 24.3 Å². The molecule has 5 nitrogen and oxygen atoms in total. The molecule has 0 radical (unpaired) electrons. The van der Waals surface area contributed by atoms with Gasteiger partial charge < -0.3 is 19.7 Å². The minimum absolute atomic E-state index is 0.102. The van der Waals surface area contributed by atoms with E-state index in [0.29, 0.717) is 26.1 Å². The van der Waals surface area contributed by atoms with Crippen LogP contribution in [0.3, 0.4) is 0 Å². The van der Waals surface area contributed by atoms with Crippen molar-refractivity contribution in [2.24, 2.45) is 0 Å². The summed E-state index contributed by atoms with van der Waals surface area (Å²) < 4.78 is 24.6. The largest absolute Gasteiger partial charge is 0.486 e. The third-order valence-electron chi connectivity index (χ3n) is 4.13. The molecule has 2 rings (SSSR count). The SMILES string of the molecule is CC[C@H](CNC(=O)N1CCC(OC)CC1)Oc1ccccc1F. The molecule has 0 bridgehead atoms. The van der Waals surface area contributed by atoms with Crippen LogP contribution in [0.1, 0.15) is 26.2 Å². The lowest BCUT2D eigenvalue weighted by atomic mass is 10.1. The first-order valence-electron chi connectivity index (χ1n) is 8.10. The van der Waals surface area contributed by atoms with E-state index in [1.807, 2.05) is 6.92 Å². The number of urea groups is 1. The summed E-state index contributed by atoms with van der Waals surface area (Å²) in [5.41, 5.74) is 0. The summed E-state index contributed by atoms with van der Waals surface area (Å²) in [5, 5.41) is 2.87. The average Bonchev–Trinajstić information content (AvgIpc) is 2.60. The molecule has 1 heterocycles. The van der Waals surface area contributed by atoms with Crippen molar-refractivity contribution < 1.29 is 18.7 Å². The van der Waals surface area contributed by atoms with E-state index in [9.17, 15) is 9.18 Å². The molecule has 0 spiro atoms. The Bertz CT molecular complexity index is 504. The zero-order valence-electron chi connectivity index (χ0n) is 13.8. The lowest BCUT2D eigenvalue weighted by Crippen LogP contribution is -2.48. The van der Waals surface area contributed by atoms with Gasteiger partial charge in [-0.15, -0.1) is 0 Å². The minimum Gasteiger partial charge on any atom is -0.486 e. The van der Waals surface area contributed by atoms with Gasteiger partial charge in [0.25, 0.3) is 0 Å². The van der Waals surface area contributed by atoms with E-state index in [-0.39, 0.29) is 29.8 Å². The van der Waals surface area contributed by atoms with E-state index in [2.05, 4.69) is 5.32 Å². The van der Waals surface area contributed by atoms with Crippen molar-refractivity contribution in [1.29, 1.82) is 0 Å². The maximum absolute atomic E-state index is 13.6. The maximum atomic E-state index is 13.6. The minimum atomic E-state index is -0.390. The van der Waals surface area contributed by atoms with Gasteiger partial charge in [-0.25, -0.2) is 9.18 Å². The number of carbonyl (C=O) groups excluding carboxylic acids is 1. The number of nitrogens with one attached hydrogen (secondary N) is 1. The number of benzene rings is 1. The van der Waals surface area contributed by atoms with Crippen molar-refractivity contribution in [1.82, 2.24) is 10.2 Å². The number of amides is 2. The van der Waals surface area contributed by atoms with Crippen molar-refractivity contribution >= 4 is 6.03 Å². The van der Waals surface area contributed by atoms with Gasteiger partial charge in [0.05, 0.1) is 12.6 Å². The number of hydrogen-bond acceptors (Lipinski definition) is 3. The summed E-state index contributed by atoms with van der Waals surface area (Å²) in [6.07, 6.45) is 2.37. The zero-order valence-corrected chi connectivity index (χ0v) is 13.8. The summed E-state index contributed by atoms with van der Waals surface area (Å²) in [6, 6.07) is 6.20. The Morgan fingerprint density at radius 3 is 2.70 bits per heavy atom. The zero-order chi connectivity index (χ0) is 16.7. The molecule has 1 aliphatic heterocycles. The Hall–Kier alpha value is -1.82. The van der Waals surface area contributed by atoms with Crippen LogP contribution >= 0.6 is 0 Å². The molecule has 0 aliphatic carbocycles. The molecule has 0 saturated carbocycles. The van der Waals surface area contributed by atoms with Crippen LogP contribution in [-0.2, 0) is 4.74 Å². The number of methoxy groups -OCH3 is 1. The van der Waals surface area contributed by atoms with Gasteiger partial charge >= 0.3 is 6.03 Å². The van der Waals surface area contributed by atoms with Gasteiger partial charge in [-0.2, -0.15) is 0 Å². The van der Waals surface area contributed by atoms with Crippen LogP contribution in [0.2, 0.25) is 0 Å². The fraction of sp³-hybridized carbons (Fsp3) is 0.588. The summed E-state index contributed by atoms with van der Waals surface area (Å²) in [7, 11) is 1.70. The van der Waals surface area contributed by atoms with Crippen molar-refractivity contribution in [3.8, 4) is 5.75 Å². The second-order valence-electron chi connectivity index (χ2n) is 5.69. The summed E-state index contributed by atoms with van der Waals surface area (Å²) >= 11 is 0. The molecular weight excluding hydrogens is 299 g/mol. The third kappa shape index (κ3) is 5.10. The quantitative estimate of drug-likeness (QED) is 0.875. The molecule has 1 fully saturated rings. The molecule has 2 amide bonds. The predicted molar refractivity (Wildman–Crippen MR) is 86.1 cm³/mol. The van der Waals surface area contributed by atoms with Crippen molar-refractivity contribution in [2.75, 3.05) is 26.7 Å². The Labute approximate surface area is 136 Å². The van der Waals surface area contributed by atoms with Gasteiger partial charge in [-0.05, 0) is 31.4 Å². The fourth-order valence-corrected chi connectivity index (χ4v) is 2.60. The number of hydrogen-bond donors (Lipinski definition) is 1. The second kappa shape index (κ2) is 8.72. The Kier molecular flexibility index (Phi) is 6.65. The van der Waals surface area contributed by atoms with Crippen LogP contribution < -0.4 is 10.1 Å². The van der Waals surface area contributed by atoms with Crippen LogP contribution in [-0.4, -0.2) is 49.9 Å². The smallest absolute Gasteiger partial charge is 0.317 e. The van der Waals surface area contributed by atoms with Gasteiger partial charge in [0, 0.05) is 20.2 Å². The van der Waals surface area contributed by atoms with Crippen LogP contribution in [0.4, 0.5) is 9.18 Å². The van der Waals surface area contributed by atoms with Gasteiger partial charge in [0.1, 0.15) is 6.10 Å². The van der Waals surface area contributed by atoms with Gasteiger partial charge in [0.15, 0.2) is 11.6 Å². The molecule has 1 atom stereocenters. The third-order valence-corrected chi connectivity index (χ3v) is 4.13. The highest BCUT2D eigenvalue weighted by Crippen LogP contribution is 2.18. The first kappa shape index (κ1) is 17.5. The van der Waals surface area contributed by atoms with E-state index in [0.717, 1.165) is 12.8 Å². The molecule has 1 aromatic rings. The molecule has 128 valence electrons. The first-order chi connectivity index (χ1) is 11.1. The molecule has 23 heavy (non-hydrogen) atoms. The summed E-state index contributed by atoms with van der Waals surface area (Å²) in [5.74, 6) is -0.173. The highest BCUT2D eigenvalue weighted by molar-refractivity contribution is 5.74. The molecule has 1 saturated heterocycles. The topological polar surface area (TPSA) is 50.8 Å². The summed E-state index contributed by atoms with van der Waals surface area (Å²) in [6.45, 7) is 3.68. The number of carbonyl (C=O) groups is 1. The molecule has 0 unspecified atom stereocenters. The molecule has 6 heteroatoms. The number of rotatable bonds is 6. The van der Waals surface area contributed by atoms with E-state index < -0.39 is 0 Å². The normalized spacial score (nSPS) is 16.9. The fourth-order valence-electron chi connectivity index (χ4n) is 2.60. The van der Waals surface area contributed by atoms with Crippen molar-refractivity contribution in [2.45, 2.75) is 38.4 Å². The Morgan fingerprint density at radius 1 is 1.39 bits per heavy atom. The molecule has 0 aromatic heterocycles. The van der Waals surface area contributed by atoms with Crippen molar-refractivity contribution in [3.05, 3.63) is 30.1 Å². The number of para-hydroxylation sites is 1. The van der Waals surface area contributed by atoms with Gasteiger partial charge in [-0.1, -0.05) is 19.1 Å². The van der Waals surface area contributed by atoms with Crippen molar-refractivity contribution in [3.63, 3.8) is 0 Å². The number of halogens is 1. The average molecular weight is 324 g/mol. The number of nitrogens with zero attached hydrogens (tertiary/aromatic N) is 1. The van der Waals surface area contributed by atoms with Crippen LogP contribution in [0.25, 0.3) is 0 Å². The number of piperidine rings is 1. The van der Waals surface area contributed by atoms with Gasteiger partial charge in [0.2, 0.25) is 0 Å². The first-order valence-corrected chi connectivity index (χ1v) is 8.10. The van der Waals surface area contributed by atoms with Gasteiger partial charge in [-0.3, -0.25) is 0 Å². The molecule has 1 aliphatic rings. The van der Waals surface area contributed by atoms with E-state index in [1.54, 1.807) is 30.2 Å².